The van der Waals surface area contributed by atoms with Gasteiger partial charge >= 0.3 is 0 Å². The van der Waals surface area contributed by atoms with Gasteiger partial charge in [0.1, 0.15) is 5.76 Å². The van der Waals surface area contributed by atoms with Gasteiger partial charge in [0, 0.05) is 5.02 Å². The normalized spacial score (nSPS) is 16.6. The van der Waals surface area contributed by atoms with E-state index in [4.69, 9.17) is 16.0 Å². The Morgan fingerprint density at radius 2 is 2.18 bits per heavy atom. The summed E-state index contributed by atoms with van der Waals surface area (Å²) >= 11 is 6.12. The molecule has 1 aromatic heterocycles. The lowest BCUT2D eigenvalue weighted by Gasteiger charge is -2.25. The fraction of sp³-hybridized carbons (Fsp3) is 0.412. The van der Waals surface area contributed by atoms with E-state index in [1.54, 1.807) is 6.92 Å². The Morgan fingerprint density at radius 1 is 1.41 bits per heavy atom. The Kier molecular flexibility index (Phi) is 4.48. The van der Waals surface area contributed by atoms with Gasteiger partial charge in [-0.05, 0) is 43.4 Å². The van der Waals surface area contributed by atoms with E-state index in [0.29, 0.717) is 22.4 Å². The first-order valence-electron chi connectivity index (χ1n) is 7.61. The molecule has 1 aliphatic rings. The largest absolute Gasteiger partial charge is 0.448 e. The number of hydrogen-bond acceptors (Lipinski definition) is 3. The lowest BCUT2D eigenvalue weighted by atomic mass is 9.91. The van der Waals surface area contributed by atoms with Crippen molar-refractivity contribution in [2.75, 3.05) is 0 Å². The number of benzene rings is 1. The van der Waals surface area contributed by atoms with Crippen LogP contribution in [0.2, 0.25) is 5.02 Å². The second-order valence-electron chi connectivity index (χ2n) is 5.81. The predicted molar refractivity (Wildman–Crippen MR) is 84.9 cm³/mol. The Labute approximate surface area is 134 Å². The van der Waals surface area contributed by atoms with Crippen molar-refractivity contribution in [3.05, 3.63) is 52.7 Å². The summed E-state index contributed by atoms with van der Waals surface area (Å²) in [5.41, 5.74) is 1.40. The van der Waals surface area contributed by atoms with Crippen LogP contribution in [0.5, 0.6) is 0 Å². The first kappa shape index (κ1) is 15.1. The molecule has 1 atom stereocenters. The summed E-state index contributed by atoms with van der Waals surface area (Å²) in [5.74, 6) is 0.784. The number of carbonyl (C=O) groups is 1. The molecule has 1 amide bonds. The van der Waals surface area contributed by atoms with Crippen molar-refractivity contribution >= 4 is 17.5 Å². The minimum Gasteiger partial charge on any atom is -0.448 e. The molecule has 1 unspecified atom stereocenters. The second-order valence-corrected chi connectivity index (χ2v) is 6.24. The molecule has 0 radical (unpaired) electrons. The Hall–Kier alpha value is -1.81. The highest BCUT2D eigenvalue weighted by atomic mass is 35.5. The van der Waals surface area contributed by atoms with E-state index in [0.717, 1.165) is 18.4 Å². The molecule has 1 saturated carbocycles. The van der Waals surface area contributed by atoms with Crippen LogP contribution in [0.1, 0.15) is 53.5 Å². The molecule has 1 N–H and O–H groups in total. The number of halogens is 1. The van der Waals surface area contributed by atoms with Crippen molar-refractivity contribution < 1.29 is 9.21 Å². The average molecular weight is 319 g/mol. The van der Waals surface area contributed by atoms with Crippen LogP contribution in [-0.4, -0.2) is 10.9 Å². The molecule has 2 aromatic rings. The molecule has 0 aliphatic heterocycles. The Bertz CT molecular complexity index is 662. The maximum absolute atomic E-state index is 12.5. The Morgan fingerprint density at radius 3 is 2.82 bits per heavy atom. The van der Waals surface area contributed by atoms with Crippen LogP contribution >= 0.6 is 11.6 Å². The number of rotatable bonds is 4. The van der Waals surface area contributed by atoms with E-state index >= 15 is 0 Å². The molecule has 3 rings (SSSR count). The van der Waals surface area contributed by atoms with Crippen LogP contribution < -0.4 is 5.32 Å². The van der Waals surface area contributed by atoms with Crippen LogP contribution in [0.3, 0.4) is 0 Å². The molecule has 1 aliphatic carbocycles. The highest BCUT2D eigenvalue weighted by Crippen LogP contribution is 2.36. The third-order valence-electron chi connectivity index (χ3n) is 4.33. The average Bonchev–Trinajstić information content (AvgIpc) is 3.16. The molecule has 0 bridgehead atoms. The van der Waals surface area contributed by atoms with E-state index in [-0.39, 0.29) is 11.9 Å². The summed E-state index contributed by atoms with van der Waals surface area (Å²) in [6.07, 6.45) is 5.96. The van der Waals surface area contributed by atoms with Crippen molar-refractivity contribution in [3.8, 4) is 0 Å². The van der Waals surface area contributed by atoms with Gasteiger partial charge in [0.25, 0.3) is 5.91 Å². The molecule has 1 fully saturated rings. The molecule has 0 spiro atoms. The number of aryl methyl sites for hydroxylation is 1. The van der Waals surface area contributed by atoms with E-state index in [2.05, 4.69) is 10.3 Å². The first-order chi connectivity index (χ1) is 10.6. The van der Waals surface area contributed by atoms with Crippen molar-refractivity contribution in [2.24, 2.45) is 5.92 Å². The zero-order valence-electron chi connectivity index (χ0n) is 12.5. The summed E-state index contributed by atoms with van der Waals surface area (Å²) in [6.45, 7) is 1.74. The second kappa shape index (κ2) is 6.53. The first-order valence-corrected chi connectivity index (χ1v) is 7.99. The van der Waals surface area contributed by atoms with Gasteiger partial charge in [-0.15, -0.1) is 0 Å². The van der Waals surface area contributed by atoms with Gasteiger partial charge in [0.15, 0.2) is 12.1 Å². The third kappa shape index (κ3) is 3.17. The highest BCUT2D eigenvalue weighted by Gasteiger charge is 2.29. The summed E-state index contributed by atoms with van der Waals surface area (Å²) in [5, 5.41) is 3.81. The number of nitrogens with one attached hydrogen (secondary N) is 1. The van der Waals surface area contributed by atoms with Gasteiger partial charge in [-0.3, -0.25) is 4.79 Å². The van der Waals surface area contributed by atoms with Gasteiger partial charge in [0.2, 0.25) is 0 Å². The minimum atomic E-state index is -0.192. The van der Waals surface area contributed by atoms with Gasteiger partial charge in [-0.1, -0.05) is 36.6 Å². The molecule has 1 aromatic carbocycles. The van der Waals surface area contributed by atoms with Gasteiger partial charge in [-0.2, -0.15) is 0 Å². The maximum Gasteiger partial charge on any atom is 0.274 e. The van der Waals surface area contributed by atoms with E-state index in [1.165, 1.54) is 19.2 Å². The number of aromatic nitrogens is 1. The summed E-state index contributed by atoms with van der Waals surface area (Å²) in [7, 11) is 0. The molecular formula is C17H19ClN2O2. The zero-order chi connectivity index (χ0) is 15.5. The number of nitrogens with zero attached hydrogens (tertiary/aromatic N) is 1. The standard InChI is InChI=1S/C17H19ClN2O2/c1-11-15(19-10-22-11)17(21)20-16(12-5-2-3-6-12)13-7-4-8-14(18)9-13/h4,7-10,12,16H,2-3,5-6H2,1H3,(H,20,21). The Balaban J connectivity index is 1.85. The van der Waals surface area contributed by atoms with Crippen molar-refractivity contribution in [1.82, 2.24) is 10.3 Å². The number of oxazole rings is 1. The summed E-state index contributed by atoms with van der Waals surface area (Å²) in [6, 6.07) is 7.68. The van der Waals surface area contributed by atoms with E-state index < -0.39 is 0 Å². The number of amides is 1. The maximum atomic E-state index is 12.5. The van der Waals surface area contributed by atoms with E-state index in [1.807, 2.05) is 24.3 Å². The predicted octanol–water partition coefficient (Wildman–Crippen LogP) is 4.30. The fourth-order valence-electron chi connectivity index (χ4n) is 3.20. The molecule has 22 heavy (non-hydrogen) atoms. The summed E-state index contributed by atoms with van der Waals surface area (Å²) in [4.78, 5) is 16.5. The highest BCUT2D eigenvalue weighted by molar-refractivity contribution is 6.30. The summed E-state index contributed by atoms with van der Waals surface area (Å²) < 4.78 is 5.12. The van der Waals surface area contributed by atoms with Crippen molar-refractivity contribution in [2.45, 2.75) is 38.6 Å². The zero-order valence-corrected chi connectivity index (χ0v) is 13.3. The SMILES string of the molecule is Cc1ocnc1C(=O)NC(c1cccc(Cl)c1)C1CCCC1. The van der Waals surface area contributed by atoms with Crippen LogP contribution in [-0.2, 0) is 0 Å². The van der Waals surface area contributed by atoms with Gasteiger partial charge < -0.3 is 9.73 Å². The quantitative estimate of drug-likeness (QED) is 0.914. The number of hydrogen-bond donors (Lipinski definition) is 1. The smallest absolute Gasteiger partial charge is 0.274 e. The van der Waals surface area contributed by atoms with Crippen LogP contribution in [0, 0.1) is 12.8 Å². The monoisotopic (exact) mass is 318 g/mol. The van der Waals surface area contributed by atoms with Crippen LogP contribution in [0.25, 0.3) is 0 Å². The minimum absolute atomic E-state index is 0.0372. The van der Waals surface area contributed by atoms with Crippen LogP contribution in [0.4, 0.5) is 0 Å². The molecule has 5 heteroatoms. The molecule has 116 valence electrons. The number of carbonyl (C=O) groups excluding carboxylic acids is 1. The van der Waals surface area contributed by atoms with E-state index in [9.17, 15) is 4.79 Å². The lowest BCUT2D eigenvalue weighted by molar-refractivity contribution is 0.0915. The van der Waals surface area contributed by atoms with Crippen molar-refractivity contribution in [3.63, 3.8) is 0 Å². The van der Waals surface area contributed by atoms with Crippen molar-refractivity contribution in [1.29, 1.82) is 0 Å². The molecule has 0 saturated heterocycles. The van der Waals surface area contributed by atoms with Gasteiger partial charge in [-0.25, -0.2) is 4.98 Å². The lowest BCUT2D eigenvalue weighted by Crippen LogP contribution is -2.33. The van der Waals surface area contributed by atoms with Gasteiger partial charge in [0.05, 0.1) is 6.04 Å². The van der Waals surface area contributed by atoms with Crippen LogP contribution in [0.15, 0.2) is 35.1 Å². The molecule has 4 nitrogen and oxygen atoms in total. The third-order valence-corrected chi connectivity index (χ3v) is 4.56. The topological polar surface area (TPSA) is 55.1 Å². The molecular weight excluding hydrogens is 300 g/mol. The fourth-order valence-corrected chi connectivity index (χ4v) is 3.40. The molecule has 1 heterocycles.